The zero-order valence-corrected chi connectivity index (χ0v) is 28.2. The number of carbonyl (C=O) groups excluding carboxylic acids is 1. The number of aliphatic carboxylic acids is 1. The van der Waals surface area contributed by atoms with E-state index >= 15 is 0 Å². The van der Waals surface area contributed by atoms with Gasteiger partial charge in [0.2, 0.25) is 0 Å². The van der Waals surface area contributed by atoms with E-state index in [0.717, 1.165) is 62.6 Å². The number of fused-ring (bicyclic) bond motifs is 7. The Hall–Kier alpha value is -2.89. The molecule has 5 aliphatic carbocycles. The second-order valence-corrected chi connectivity index (χ2v) is 17.0. The molecule has 0 radical (unpaired) electrons. The van der Waals surface area contributed by atoms with Crippen LogP contribution in [-0.2, 0) is 14.3 Å². The Balaban J connectivity index is 1.43. The first-order valence-corrected chi connectivity index (χ1v) is 17.2. The van der Waals surface area contributed by atoms with Gasteiger partial charge in [0, 0.05) is 16.9 Å². The largest absolute Gasteiger partial charge is 0.481 e. The number of rotatable bonds is 5. The number of oxime groups is 1. The summed E-state index contributed by atoms with van der Waals surface area (Å²) in [5.74, 6) is -0.348. The van der Waals surface area contributed by atoms with Gasteiger partial charge in [0.15, 0.2) is 0 Å². The summed E-state index contributed by atoms with van der Waals surface area (Å²) in [5.41, 5.74) is 1.64. The van der Waals surface area contributed by atoms with E-state index in [4.69, 9.17) is 4.74 Å². The second-order valence-electron chi connectivity index (χ2n) is 17.0. The van der Waals surface area contributed by atoms with E-state index in [2.05, 4.69) is 52.8 Å². The topological polar surface area (TPSA) is 96.2 Å². The smallest absolute Gasteiger partial charge is 0.330 e. The highest BCUT2D eigenvalue weighted by Gasteiger charge is 2.70. The van der Waals surface area contributed by atoms with Crippen LogP contribution in [0.3, 0.4) is 0 Å². The first-order valence-electron chi connectivity index (χ1n) is 17.2. The lowest BCUT2D eigenvalue weighted by molar-refractivity contribution is -0.194. The highest BCUT2D eigenvalue weighted by molar-refractivity contribution is 5.90. The lowest BCUT2D eigenvalue weighted by atomic mass is 9.33. The predicted molar refractivity (Wildman–Crippen MR) is 177 cm³/mol. The molecule has 244 valence electrons. The second kappa shape index (κ2) is 10.8. The van der Waals surface area contributed by atoms with Gasteiger partial charge in [0.1, 0.15) is 6.61 Å². The summed E-state index contributed by atoms with van der Waals surface area (Å²) in [7, 11) is 0. The van der Waals surface area contributed by atoms with Crippen LogP contribution in [-0.4, -0.2) is 34.6 Å². The third kappa shape index (κ3) is 4.75. The summed E-state index contributed by atoms with van der Waals surface area (Å²) >= 11 is 0. The molecule has 45 heavy (non-hydrogen) atoms. The van der Waals surface area contributed by atoms with E-state index in [1.165, 1.54) is 11.6 Å². The molecule has 6 rings (SSSR count). The summed E-state index contributed by atoms with van der Waals surface area (Å²) < 4.78 is 6.28. The maximum Gasteiger partial charge on any atom is 0.330 e. The number of carboxylic acids is 1. The molecule has 6 nitrogen and oxygen atoms in total. The molecular weight excluding hydrogens is 562 g/mol. The highest BCUT2D eigenvalue weighted by Crippen LogP contribution is 2.75. The van der Waals surface area contributed by atoms with Gasteiger partial charge in [-0.1, -0.05) is 88.7 Å². The summed E-state index contributed by atoms with van der Waals surface area (Å²) in [4.78, 5) is 26.5. The van der Waals surface area contributed by atoms with E-state index in [1.54, 1.807) is 6.08 Å². The normalized spacial score (nSPS) is 40.8. The molecule has 0 aliphatic heterocycles. The molecule has 4 saturated carbocycles. The number of benzene rings is 1. The third-order valence-corrected chi connectivity index (χ3v) is 14.3. The number of allylic oxidation sites excluding steroid dienone is 1. The van der Waals surface area contributed by atoms with Crippen molar-refractivity contribution < 1.29 is 24.6 Å². The van der Waals surface area contributed by atoms with Crippen molar-refractivity contribution in [1.82, 2.24) is 0 Å². The van der Waals surface area contributed by atoms with E-state index in [1.807, 2.05) is 30.3 Å². The zero-order valence-electron chi connectivity index (χ0n) is 28.2. The summed E-state index contributed by atoms with van der Waals surface area (Å²) in [6.45, 7) is 14.3. The Kier molecular flexibility index (Phi) is 7.72. The van der Waals surface area contributed by atoms with Crippen molar-refractivity contribution in [2.75, 3.05) is 6.61 Å². The molecule has 2 N–H and O–H groups in total. The zero-order chi connectivity index (χ0) is 32.5. The monoisotopic (exact) mass is 615 g/mol. The molecule has 5 aliphatic rings. The van der Waals surface area contributed by atoms with Crippen LogP contribution in [0.15, 0.2) is 53.2 Å². The Bertz CT molecular complexity index is 1440. The molecule has 4 fully saturated rings. The van der Waals surface area contributed by atoms with Crippen LogP contribution in [0.4, 0.5) is 0 Å². The van der Waals surface area contributed by atoms with Crippen molar-refractivity contribution in [3.05, 3.63) is 53.6 Å². The molecule has 0 saturated heterocycles. The fraction of sp³-hybridized carbons (Fsp3) is 0.667. The van der Waals surface area contributed by atoms with E-state index in [9.17, 15) is 19.9 Å². The number of esters is 1. The SMILES string of the molecule is CC1(C)CC[C@]2(C(=O)O)CC[C@]3(COC(=O)/C=C/c4ccccc4)C(=CC[C@@H]4[C@@]5(C)CC/C(=N\O)C(C)(C)C5CC[C@]43C)C2C1. The Morgan fingerprint density at radius 3 is 2.36 bits per heavy atom. The highest BCUT2D eigenvalue weighted by atomic mass is 16.5. The molecule has 2 unspecified atom stereocenters. The molecule has 7 atom stereocenters. The van der Waals surface area contributed by atoms with Crippen LogP contribution in [0.5, 0.6) is 0 Å². The summed E-state index contributed by atoms with van der Waals surface area (Å²) in [5, 5.41) is 24.5. The summed E-state index contributed by atoms with van der Waals surface area (Å²) in [6.07, 6.45) is 14.2. The fourth-order valence-electron chi connectivity index (χ4n) is 11.7. The minimum absolute atomic E-state index is 0.0180. The van der Waals surface area contributed by atoms with Gasteiger partial charge in [-0.05, 0) is 110 Å². The van der Waals surface area contributed by atoms with Crippen LogP contribution >= 0.6 is 0 Å². The van der Waals surface area contributed by atoms with Crippen molar-refractivity contribution in [2.24, 2.45) is 55.4 Å². The molecule has 6 heteroatoms. The van der Waals surface area contributed by atoms with Gasteiger partial charge in [-0.25, -0.2) is 4.79 Å². The number of ether oxygens (including phenoxy) is 1. The first-order chi connectivity index (χ1) is 21.2. The van der Waals surface area contributed by atoms with Gasteiger partial charge in [-0.3, -0.25) is 4.79 Å². The van der Waals surface area contributed by atoms with Gasteiger partial charge in [-0.2, -0.15) is 0 Å². The minimum atomic E-state index is -0.758. The minimum Gasteiger partial charge on any atom is -0.481 e. The maximum absolute atomic E-state index is 13.3. The Morgan fingerprint density at radius 1 is 0.956 bits per heavy atom. The van der Waals surface area contributed by atoms with Gasteiger partial charge in [0.05, 0.1) is 11.1 Å². The molecular formula is C39H53NO5. The number of hydrogen-bond acceptors (Lipinski definition) is 5. The van der Waals surface area contributed by atoms with Crippen molar-refractivity contribution in [3.8, 4) is 0 Å². The maximum atomic E-state index is 13.3. The quantitative estimate of drug-likeness (QED) is 0.113. The Morgan fingerprint density at radius 2 is 1.67 bits per heavy atom. The van der Waals surface area contributed by atoms with E-state index in [-0.39, 0.29) is 40.2 Å². The molecule has 1 aromatic carbocycles. The number of nitrogens with zero attached hydrogens (tertiary/aromatic N) is 1. The fourth-order valence-corrected chi connectivity index (χ4v) is 11.7. The molecule has 0 bridgehead atoms. The van der Waals surface area contributed by atoms with Crippen LogP contribution in [0, 0.1) is 50.2 Å². The average molecular weight is 616 g/mol. The van der Waals surface area contributed by atoms with Crippen LogP contribution in [0.25, 0.3) is 6.08 Å². The van der Waals surface area contributed by atoms with Gasteiger partial charge in [0.25, 0.3) is 0 Å². The van der Waals surface area contributed by atoms with E-state index < -0.39 is 16.8 Å². The summed E-state index contributed by atoms with van der Waals surface area (Å²) in [6, 6.07) is 9.78. The van der Waals surface area contributed by atoms with Crippen molar-refractivity contribution in [3.63, 3.8) is 0 Å². The lowest BCUT2D eigenvalue weighted by Gasteiger charge is -2.71. The predicted octanol–water partition coefficient (Wildman–Crippen LogP) is 8.94. The van der Waals surface area contributed by atoms with Crippen LogP contribution in [0.1, 0.15) is 111 Å². The molecule has 0 amide bonds. The van der Waals surface area contributed by atoms with Crippen molar-refractivity contribution in [1.29, 1.82) is 0 Å². The number of carbonyl (C=O) groups is 2. The molecule has 0 heterocycles. The number of carboxylic acid groups (broad SMARTS) is 1. The first kappa shape index (κ1) is 32.1. The van der Waals surface area contributed by atoms with Gasteiger partial charge < -0.3 is 15.1 Å². The third-order valence-electron chi connectivity index (χ3n) is 14.3. The lowest BCUT2D eigenvalue weighted by Crippen LogP contribution is -2.66. The van der Waals surface area contributed by atoms with Gasteiger partial charge >= 0.3 is 11.9 Å². The average Bonchev–Trinajstić information content (AvgIpc) is 2.99. The van der Waals surface area contributed by atoms with Gasteiger partial charge in [-0.15, -0.1) is 0 Å². The molecule has 0 spiro atoms. The standard InChI is InChI=1S/C39H53NO5/c1-34(2)20-21-38(33(42)43)22-23-39(25-45-32(41)15-12-26-10-8-7-9-11-26)27(28(38)24-34)13-14-30-36(5)18-17-31(40-44)35(3,4)29(36)16-19-37(30,39)6/h7-13,15,28-30,44H,14,16-25H2,1-6H3,(H,42,43)/b15-12+,40-31+/t28?,29?,30-,36+,37-,38+,39+/m1/s1. The van der Waals surface area contributed by atoms with Crippen molar-refractivity contribution in [2.45, 2.75) is 106 Å². The Labute approximate surface area is 269 Å². The van der Waals surface area contributed by atoms with Crippen LogP contribution < -0.4 is 0 Å². The van der Waals surface area contributed by atoms with E-state index in [0.29, 0.717) is 24.7 Å². The van der Waals surface area contributed by atoms with Crippen LogP contribution in [0.2, 0.25) is 0 Å². The molecule has 1 aromatic rings. The van der Waals surface area contributed by atoms with Crippen molar-refractivity contribution >= 4 is 23.7 Å². The molecule has 0 aromatic heterocycles. The number of hydrogen-bond donors (Lipinski definition) is 2.